The van der Waals surface area contributed by atoms with E-state index in [1.54, 1.807) is 17.0 Å². The van der Waals surface area contributed by atoms with Crippen molar-refractivity contribution in [2.75, 3.05) is 13.2 Å². The molecular formula is C27H28FNO4. The Balaban J connectivity index is 1.51. The maximum atomic E-state index is 13.2. The van der Waals surface area contributed by atoms with Crippen LogP contribution in [0, 0.1) is 5.82 Å². The molecule has 6 heteroatoms. The number of hydrogen-bond acceptors (Lipinski definition) is 4. The normalized spacial score (nSPS) is 20.2. The minimum atomic E-state index is -0.985. The Kier molecular flexibility index (Phi) is 6.77. The van der Waals surface area contributed by atoms with E-state index in [2.05, 4.69) is 0 Å². The van der Waals surface area contributed by atoms with E-state index < -0.39 is 24.4 Å². The van der Waals surface area contributed by atoms with Gasteiger partial charge < -0.3 is 19.8 Å². The van der Waals surface area contributed by atoms with E-state index in [4.69, 9.17) is 4.74 Å². The zero-order valence-corrected chi connectivity index (χ0v) is 18.5. The summed E-state index contributed by atoms with van der Waals surface area (Å²) < 4.78 is 19.2. The number of cyclic esters (lactones) is 1. The quantitative estimate of drug-likeness (QED) is 0.531. The van der Waals surface area contributed by atoms with Crippen LogP contribution in [0.2, 0.25) is 0 Å². The Bertz CT molecular complexity index is 1070. The van der Waals surface area contributed by atoms with Gasteiger partial charge in [0.1, 0.15) is 11.4 Å². The molecule has 1 aliphatic rings. The SMILES string of the molecule is C[C@@H](c1ccc(-c2ccc(F)cc2)cc1)N1CC[C@](C[C@@H](O)CO)(c2ccccc2)OC1=O. The highest BCUT2D eigenvalue weighted by molar-refractivity contribution is 5.70. The molecule has 1 fully saturated rings. The average Bonchev–Trinajstić information content (AvgIpc) is 2.85. The van der Waals surface area contributed by atoms with Crippen LogP contribution in [0.4, 0.5) is 9.18 Å². The maximum absolute atomic E-state index is 13.2. The van der Waals surface area contributed by atoms with Crippen molar-refractivity contribution >= 4 is 6.09 Å². The molecule has 2 N–H and O–H groups in total. The predicted molar refractivity (Wildman–Crippen MR) is 124 cm³/mol. The van der Waals surface area contributed by atoms with Gasteiger partial charge in [0, 0.05) is 19.4 Å². The fourth-order valence-corrected chi connectivity index (χ4v) is 4.45. The number of halogens is 1. The van der Waals surface area contributed by atoms with E-state index >= 15 is 0 Å². The third-order valence-corrected chi connectivity index (χ3v) is 6.39. The van der Waals surface area contributed by atoms with Gasteiger partial charge in [-0.1, -0.05) is 66.7 Å². The van der Waals surface area contributed by atoms with Crippen molar-refractivity contribution < 1.29 is 24.1 Å². The molecule has 0 bridgehead atoms. The van der Waals surface area contributed by atoms with Crippen molar-refractivity contribution in [3.8, 4) is 11.1 Å². The molecule has 33 heavy (non-hydrogen) atoms. The Morgan fingerprint density at radius 2 is 1.61 bits per heavy atom. The molecule has 0 spiro atoms. The van der Waals surface area contributed by atoms with Gasteiger partial charge in [-0.2, -0.15) is 0 Å². The van der Waals surface area contributed by atoms with Crippen LogP contribution in [0.15, 0.2) is 78.9 Å². The van der Waals surface area contributed by atoms with E-state index in [0.29, 0.717) is 13.0 Å². The van der Waals surface area contributed by atoms with Crippen LogP contribution in [0.3, 0.4) is 0 Å². The minimum Gasteiger partial charge on any atom is -0.438 e. The number of rotatable bonds is 7. The molecule has 0 aromatic heterocycles. The number of carbonyl (C=O) groups excluding carboxylic acids is 1. The second-order valence-corrected chi connectivity index (χ2v) is 8.52. The lowest BCUT2D eigenvalue weighted by molar-refractivity contribution is -0.0892. The lowest BCUT2D eigenvalue weighted by Crippen LogP contribution is -2.50. The molecule has 0 aliphatic carbocycles. The van der Waals surface area contributed by atoms with E-state index in [-0.39, 0.29) is 18.3 Å². The predicted octanol–water partition coefficient (Wildman–Crippen LogP) is 5.03. The fraction of sp³-hybridized carbons (Fsp3) is 0.296. The average molecular weight is 450 g/mol. The molecule has 1 aliphatic heterocycles. The van der Waals surface area contributed by atoms with Gasteiger partial charge in [0.2, 0.25) is 0 Å². The summed E-state index contributed by atoms with van der Waals surface area (Å²) in [5.74, 6) is -0.273. The van der Waals surface area contributed by atoms with E-state index in [9.17, 15) is 19.4 Å². The summed E-state index contributed by atoms with van der Waals surface area (Å²) in [6.45, 7) is 2.01. The Morgan fingerprint density at radius 3 is 2.18 bits per heavy atom. The van der Waals surface area contributed by atoms with Crippen molar-refractivity contribution in [3.63, 3.8) is 0 Å². The molecule has 1 saturated heterocycles. The van der Waals surface area contributed by atoms with Gasteiger partial charge in [-0.3, -0.25) is 0 Å². The van der Waals surface area contributed by atoms with Gasteiger partial charge >= 0.3 is 6.09 Å². The van der Waals surface area contributed by atoms with Crippen LogP contribution >= 0.6 is 0 Å². The molecule has 3 aromatic rings. The van der Waals surface area contributed by atoms with Crippen molar-refractivity contribution in [1.82, 2.24) is 4.90 Å². The van der Waals surface area contributed by atoms with Gasteiger partial charge in [-0.15, -0.1) is 0 Å². The van der Waals surface area contributed by atoms with Gasteiger partial charge in [-0.25, -0.2) is 9.18 Å². The van der Waals surface area contributed by atoms with Crippen molar-refractivity contribution in [3.05, 3.63) is 95.8 Å². The number of aliphatic hydroxyl groups excluding tert-OH is 2. The first-order chi connectivity index (χ1) is 15.9. The number of benzene rings is 3. The molecule has 0 unspecified atom stereocenters. The highest BCUT2D eigenvalue weighted by atomic mass is 19.1. The number of nitrogens with zero attached hydrogens (tertiary/aromatic N) is 1. The molecule has 172 valence electrons. The molecule has 3 aromatic carbocycles. The second-order valence-electron chi connectivity index (χ2n) is 8.52. The van der Waals surface area contributed by atoms with Crippen LogP contribution in [0.5, 0.6) is 0 Å². The second kappa shape index (κ2) is 9.73. The van der Waals surface area contributed by atoms with Crippen LogP contribution in [-0.2, 0) is 10.3 Å². The maximum Gasteiger partial charge on any atom is 0.411 e. The number of aliphatic hydroxyl groups is 2. The van der Waals surface area contributed by atoms with E-state index in [1.807, 2.05) is 61.5 Å². The Hall–Kier alpha value is -3.22. The van der Waals surface area contributed by atoms with Gasteiger partial charge in [0.25, 0.3) is 0 Å². The lowest BCUT2D eigenvalue weighted by Gasteiger charge is -2.44. The number of hydrogen-bond donors (Lipinski definition) is 2. The topological polar surface area (TPSA) is 70.0 Å². The Morgan fingerprint density at radius 1 is 1.00 bits per heavy atom. The summed E-state index contributed by atoms with van der Waals surface area (Å²) in [5, 5.41) is 19.5. The molecule has 0 radical (unpaired) electrons. The number of ether oxygens (including phenoxy) is 1. The van der Waals surface area contributed by atoms with Crippen molar-refractivity contribution in [1.29, 1.82) is 0 Å². The standard InChI is InChI=1S/C27H28FNO4/c1-19(20-7-9-21(10-8-20)22-11-13-24(28)14-12-22)29-16-15-27(33-26(29)32,17-25(31)18-30)23-5-3-2-4-6-23/h2-14,19,25,30-31H,15-18H2,1H3/t19-,25+,27-/m0/s1. The summed E-state index contributed by atoms with van der Waals surface area (Å²) in [5.41, 5.74) is 2.67. The Labute approximate surface area is 193 Å². The first-order valence-corrected chi connectivity index (χ1v) is 11.1. The fourth-order valence-electron chi connectivity index (χ4n) is 4.45. The van der Waals surface area contributed by atoms with Crippen molar-refractivity contribution in [2.24, 2.45) is 0 Å². The molecule has 0 saturated carbocycles. The van der Waals surface area contributed by atoms with Crippen LogP contribution in [0.1, 0.15) is 36.9 Å². The van der Waals surface area contributed by atoms with Gasteiger partial charge in [0.05, 0.1) is 18.8 Å². The monoisotopic (exact) mass is 449 g/mol. The van der Waals surface area contributed by atoms with Gasteiger partial charge in [0.15, 0.2) is 0 Å². The highest BCUT2D eigenvalue weighted by Crippen LogP contribution is 2.40. The summed E-state index contributed by atoms with van der Waals surface area (Å²) in [4.78, 5) is 14.8. The third kappa shape index (κ3) is 4.92. The van der Waals surface area contributed by atoms with Crippen LogP contribution < -0.4 is 0 Å². The molecule has 5 nitrogen and oxygen atoms in total. The van der Waals surface area contributed by atoms with Crippen LogP contribution in [-0.4, -0.2) is 40.5 Å². The first kappa shape index (κ1) is 23.0. The largest absolute Gasteiger partial charge is 0.438 e. The molecule has 1 heterocycles. The highest BCUT2D eigenvalue weighted by Gasteiger charge is 2.44. The summed E-state index contributed by atoms with van der Waals surface area (Å²) in [6, 6.07) is 23.4. The zero-order chi connectivity index (χ0) is 23.4. The third-order valence-electron chi connectivity index (χ3n) is 6.39. The first-order valence-electron chi connectivity index (χ1n) is 11.1. The zero-order valence-electron chi connectivity index (χ0n) is 18.5. The smallest absolute Gasteiger partial charge is 0.411 e. The van der Waals surface area contributed by atoms with E-state index in [1.165, 1.54) is 12.1 Å². The van der Waals surface area contributed by atoms with E-state index in [0.717, 1.165) is 22.3 Å². The minimum absolute atomic E-state index is 0.133. The van der Waals surface area contributed by atoms with Gasteiger partial charge in [-0.05, 0) is 41.3 Å². The molecule has 3 atom stereocenters. The summed E-state index contributed by atoms with van der Waals surface area (Å²) >= 11 is 0. The number of amides is 1. The summed E-state index contributed by atoms with van der Waals surface area (Å²) in [7, 11) is 0. The molecular weight excluding hydrogens is 421 g/mol. The molecule has 4 rings (SSSR count). The van der Waals surface area contributed by atoms with Crippen LogP contribution in [0.25, 0.3) is 11.1 Å². The summed E-state index contributed by atoms with van der Waals surface area (Å²) in [6.07, 6.45) is -0.808. The number of carbonyl (C=O) groups is 1. The van der Waals surface area contributed by atoms with Crippen molar-refractivity contribution in [2.45, 2.75) is 37.5 Å². The molecule has 1 amide bonds. The lowest BCUT2D eigenvalue weighted by atomic mass is 9.83.